The molecule has 4 N–H and O–H groups in total. The first-order chi connectivity index (χ1) is 6.99. The molecule has 0 bridgehead atoms. The highest BCUT2D eigenvalue weighted by atomic mass is 19.3. The van der Waals surface area contributed by atoms with E-state index < -0.39 is 29.1 Å². The maximum absolute atomic E-state index is 12.4. The zero-order chi connectivity index (χ0) is 11.6. The lowest BCUT2D eigenvalue weighted by Crippen LogP contribution is -2.18. The molecular weight excluding hydrogens is 206 g/mol. The summed E-state index contributed by atoms with van der Waals surface area (Å²) in [5.41, 5.74) is 8.27. The van der Waals surface area contributed by atoms with Crippen LogP contribution in [0.1, 0.15) is 28.0 Å². The van der Waals surface area contributed by atoms with Crippen molar-refractivity contribution in [3.8, 4) is 6.07 Å². The van der Waals surface area contributed by atoms with Crippen LogP contribution in [-0.2, 0) is 0 Å². The van der Waals surface area contributed by atoms with Crippen LogP contribution in [0.5, 0.6) is 0 Å². The topological polar surface area (TPSA) is 106 Å². The SMILES string of the molecule is N#Cc1ncc(C(F)F)c(N)c1C(N)=O. The maximum Gasteiger partial charge on any atom is 0.267 e. The summed E-state index contributed by atoms with van der Waals surface area (Å²) < 4.78 is 24.7. The summed E-state index contributed by atoms with van der Waals surface area (Å²) >= 11 is 0. The molecular formula is C8H6F2N4O. The largest absolute Gasteiger partial charge is 0.398 e. The Balaban J connectivity index is 3.51. The van der Waals surface area contributed by atoms with Crippen LogP contribution in [0.2, 0.25) is 0 Å². The van der Waals surface area contributed by atoms with Gasteiger partial charge in [-0.2, -0.15) is 5.26 Å². The highest BCUT2D eigenvalue weighted by Crippen LogP contribution is 2.27. The number of carbonyl (C=O) groups is 1. The third-order valence-electron chi connectivity index (χ3n) is 1.74. The molecule has 0 saturated carbocycles. The Kier molecular flexibility index (Phi) is 2.80. The van der Waals surface area contributed by atoms with Gasteiger partial charge in [-0.1, -0.05) is 0 Å². The van der Waals surface area contributed by atoms with E-state index >= 15 is 0 Å². The van der Waals surface area contributed by atoms with Crippen LogP contribution in [-0.4, -0.2) is 10.9 Å². The number of nitrogens with zero attached hydrogens (tertiary/aromatic N) is 2. The second-order valence-corrected chi connectivity index (χ2v) is 2.63. The number of anilines is 1. The Bertz CT molecular complexity index is 453. The molecule has 0 spiro atoms. The highest BCUT2D eigenvalue weighted by Gasteiger charge is 2.21. The zero-order valence-corrected chi connectivity index (χ0v) is 7.37. The van der Waals surface area contributed by atoms with Gasteiger partial charge in [0.15, 0.2) is 5.69 Å². The minimum absolute atomic E-state index is 0.357. The first kappa shape index (κ1) is 10.8. The van der Waals surface area contributed by atoms with E-state index in [1.165, 1.54) is 0 Å². The second-order valence-electron chi connectivity index (χ2n) is 2.63. The minimum Gasteiger partial charge on any atom is -0.398 e. The van der Waals surface area contributed by atoms with Crippen LogP contribution in [0.15, 0.2) is 6.20 Å². The Hall–Kier alpha value is -2.23. The number of hydrogen-bond donors (Lipinski definition) is 2. The van der Waals surface area contributed by atoms with Crippen molar-refractivity contribution in [2.45, 2.75) is 6.43 Å². The summed E-state index contributed by atoms with van der Waals surface area (Å²) in [6.07, 6.45) is -2.12. The fraction of sp³-hybridized carbons (Fsp3) is 0.125. The lowest BCUT2D eigenvalue weighted by atomic mass is 10.1. The van der Waals surface area contributed by atoms with Crippen LogP contribution >= 0.6 is 0 Å². The lowest BCUT2D eigenvalue weighted by molar-refractivity contribution is 0.1000. The normalized spacial score (nSPS) is 10.0. The molecule has 1 rings (SSSR count). The number of carbonyl (C=O) groups excluding carboxylic acids is 1. The van der Waals surface area contributed by atoms with Gasteiger partial charge in [-0.3, -0.25) is 4.79 Å². The molecule has 0 fully saturated rings. The van der Waals surface area contributed by atoms with E-state index in [1.54, 1.807) is 6.07 Å². The highest BCUT2D eigenvalue weighted by molar-refractivity contribution is 6.00. The van der Waals surface area contributed by atoms with E-state index in [2.05, 4.69) is 4.98 Å². The third kappa shape index (κ3) is 1.83. The van der Waals surface area contributed by atoms with Gasteiger partial charge in [-0.25, -0.2) is 13.8 Å². The molecule has 1 heterocycles. The summed E-state index contributed by atoms with van der Waals surface area (Å²) in [4.78, 5) is 14.3. The summed E-state index contributed by atoms with van der Waals surface area (Å²) in [7, 11) is 0. The predicted molar refractivity (Wildman–Crippen MR) is 46.8 cm³/mol. The molecule has 0 saturated heterocycles. The van der Waals surface area contributed by atoms with Gasteiger partial charge in [0.1, 0.15) is 6.07 Å². The molecule has 1 aromatic rings. The van der Waals surface area contributed by atoms with Gasteiger partial charge in [0.2, 0.25) is 0 Å². The number of amides is 1. The molecule has 15 heavy (non-hydrogen) atoms. The Morgan fingerprint density at radius 2 is 2.20 bits per heavy atom. The molecule has 0 unspecified atom stereocenters. The van der Waals surface area contributed by atoms with Crippen LogP contribution in [0.25, 0.3) is 0 Å². The van der Waals surface area contributed by atoms with Crippen LogP contribution in [0, 0.1) is 11.3 Å². The predicted octanol–water partition coefficient (Wildman–Crippen LogP) is 0.572. The maximum atomic E-state index is 12.4. The number of rotatable bonds is 2. The summed E-state index contributed by atoms with van der Waals surface area (Å²) in [6.45, 7) is 0. The average Bonchev–Trinajstić information content (AvgIpc) is 2.15. The van der Waals surface area contributed by atoms with Gasteiger partial charge in [-0.15, -0.1) is 0 Å². The molecule has 0 radical (unpaired) electrons. The van der Waals surface area contributed by atoms with Gasteiger partial charge < -0.3 is 11.5 Å². The number of halogens is 2. The lowest BCUT2D eigenvalue weighted by Gasteiger charge is -2.08. The Morgan fingerprint density at radius 1 is 1.60 bits per heavy atom. The van der Waals surface area contributed by atoms with E-state index in [4.69, 9.17) is 16.7 Å². The molecule has 78 valence electrons. The number of pyridine rings is 1. The molecule has 7 heteroatoms. The standard InChI is InChI=1S/C8H6F2N4O/c9-7(10)3-2-14-4(1-11)5(6(3)12)8(13)15/h2,7H,(H2,12,14)(H2,13,15). The fourth-order valence-electron chi connectivity index (χ4n) is 1.05. The van der Waals surface area contributed by atoms with Crippen LogP contribution in [0.4, 0.5) is 14.5 Å². The summed E-state index contributed by atoms with van der Waals surface area (Å²) in [6, 6.07) is 1.55. The number of primary amides is 1. The van der Waals surface area contributed by atoms with Crippen LogP contribution < -0.4 is 11.5 Å². The molecule has 0 aliphatic rings. The molecule has 0 aliphatic carbocycles. The molecule has 5 nitrogen and oxygen atoms in total. The number of alkyl halides is 2. The van der Waals surface area contributed by atoms with E-state index in [1.807, 2.05) is 0 Å². The molecule has 0 aliphatic heterocycles. The third-order valence-corrected chi connectivity index (χ3v) is 1.74. The Labute approximate surface area is 83.3 Å². The molecule has 0 atom stereocenters. The Morgan fingerprint density at radius 3 is 2.60 bits per heavy atom. The summed E-state index contributed by atoms with van der Waals surface area (Å²) in [5.74, 6) is -1.06. The number of hydrogen-bond acceptors (Lipinski definition) is 4. The van der Waals surface area contributed by atoms with E-state index in [0.717, 1.165) is 6.20 Å². The van der Waals surface area contributed by atoms with E-state index in [9.17, 15) is 13.6 Å². The first-order valence-corrected chi connectivity index (χ1v) is 3.75. The minimum atomic E-state index is -2.87. The average molecular weight is 212 g/mol. The van der Waals surface area contributed by atoms with Gasteiger partial charge in [-0.05, 0) is 0 Å². The van der Waals surface area contributed by atoms with Crippen molar-refractivity contribution < 1.29 is 13.6 Å². The van der Waals surface area contributed by atoms with Crippen molar-refractivity contribution in [2.24, 2.45) is 5.73 Å². The van der Waals surface area contributed by atoms with E-state index in [0.29, 0.717) is 0 Å². The van der Waals surface area contributed by atoms with Crippen LogP contribution in [0.3, 0.4) is 0 Å². The van der Waals surface area contributed by atoms with Crippen molar-refractivity contribution >= 4 is 11.6 Å². The van der Waals surface area contributed by atoms with Gasteiger partial charge >= 0.3 is 0 Å². The molecule has 0 aromatic carbocycles. The summed E-state index contributed by atoms with van der Waals surface area (Å²) in [5, 5.41) is 8.56. The number of nitriles is 1. The zero-order valence-electron chi connectivity index (χ0n) is 7.37. The van der Waals surface area contributed by atoms with Gasteiger partial charge in [0, 0.05) is 6.20 Å². The van der Waals surface area contributed by atoms with Gasteiger partial charge in [0.25, 0.3) is 12.3 Å². The fourth-order valence-corrected chi connectivity index (χ4v) is 1.05. The van der Waals surface area contributed by atoms with Crippen molar-refractivity contribution in [3.05, 3.63) is 23.0 Å². The quantitative estimate of drug-likeness (QED) is 0.747. The number of nitrogens with two attached hydrogens (primary N) is 2. The number of aromatic nitrogens is 1. The smallest absolute Gasteiger partial charge is 0.267 e. The van der Waals surface area contributed by atoms with E-state index in [-0.39, 0.29) is 5.69 Å². The van der Waals surface area contributed by atoms with Crippen molar-refractivity contribution in [1.82, 2.24) is 4.98 Å². The van der Waals surface area contributed by atoms with Crippen molar-refractivity contribution in [1.29, 1.82) is 5.26 Å². The van der Waals surface area contributed by atoms with Crippen molar-refractivity contribution in [3.63, 3.8) is 0 Å². The van der Waals surface area contributed by atoms with Crippen molar-refractivity contribution in [2.75, 3.05) is 5.73 Å². The first-order valence-electron chi connectivity index (χ1n) is 3.75. The number of nitrogen functional groups attached to an aromatic ring is 1. The monoisotopic (exact) mass is 212 g/mol. The second kappa shape index (κ2) is 3.88. The van der Waals surface area contributed by atoms with Gasteiger partial charge in [0.05, 0.1) is 16.8 Å². The molecule has 1 amide bonds. The molecule has 1 aromatic heterocycles.